The van der Waals surface area contributed by atoms with Gasteiger partial charge in [-0.05, 0) is 62.1 Å². The number of benzene rings is 2. The number of hydroxylamine groups is 1. The van der Waals surface area contributed by atoms with Gasteiger partial charge in [0.1, 0.15) is 0 Å². The molecule has 1 aromatic heterocycles. The number of nitrogens with one attached hydrogen (secondary N) is 1. The van der Waals surface area contributed by atoms with Gasteiger partial charge in [0.25, 0.3) is 5.91 Å². The predicted molar refractivity (Wildman–Crippen MR) is 147 cm³/mol. The van der Waals surface area contributed by atoms with E-state index in [1.165, 1.54) is 10.6 Å². The molecule has 2 aliphatic heterocycles. The first-order chi connectivity index (χ1) is 19.0. The van der Waals surface area contributed by atoms with Crippen LogP contribution >= 0.6 is 0 Å². The van der Waals surface area contributed by atoms with E-state index in [2.05, 4.69) is 22.2 Å². The number of likely N-dealkylation sites (N-methyl/N-ethyl adjacent to an activating group) is 1. The maximum absolute atomic E-state index is 13.2. The van der Waals surface area contributed by atoms with E-state index in [9.17, 15) is 14.4 Å². The predicted octanol–water partition coefficient (Wildman–Crippen LogP) is 3.63. The third-order valence-corrected chi connectivity index (χ3v) is 7.66. The third kappa shape index (κ3) is 5.75. The molecule has 3 aromatic rings. The summed E-state index contributed by atoms with van der Waals surface area (Å²) in [5.74, 6) is -0.450. The molecule has 1 fully saturated rings. The molecule has 3 amide bonds. The molecule has 3 heterocycles. The second-order valence-corrected chi connectivity index (χ2v) is 10.3. The smallest absolute Gasteiger partial charge is 0.274 e. The molecular formula is C30H36N4O5. The Morgan fingerprint density at radius 2 is 1.95 bits per heavy atom. The fourth-order valence-electron chi connectivity index (χ4n) is 5.56. The normalized spacial score (nSPS) is 19.4. The van der Waals surface area contributed by atoms with Crippen molar-refractivity contribution in [2.45, 2.75) is 64.4 Å². The molecule has 2 unspecified atom stereocenters. The quantitative estimate of drug-likeness (QED) is 0.334. The summed E-state index contributed by atoms with van der Waals surface area (Å²) in [5, 5.41) is 1.13. The largest absolute Gasteiger partial charge is 0.350 e. The first-order valence-electron chi connectivity index (χ1n) is 13.7. The van der Waals surface area contributed by atoms with Gasteiger partial charge in [0.2, 0.25) is 12.3 Å². The number of aromatic nitrogens is 1. The van der Waals surface area contributed by atoms with E-state index < -0.39 is 6.29 Å². The Labute approximate surface area is 228 Å². The Bertz CT molecular complexity index is 1330. The van der Waals surface area contributed by atoms with Crippen LogP contribution in [-0.2, 0) is 38.7 Å². The van der Waals surface area contributed by atoms with Crippen molar-refractivity contribution < 1.29 is 24.0 Å². The van der Waals surface area contributed by atoms with Gasteiger partial charge >= 0.3 is 0 Å². The van der Waals surface area contributed by atoms with Gasteiger partial charge in [0.05, 0.1) is 6.04 Å². The number of carbonyl (C=O) groups is 3. The number of para-hydroxylation sites is 1. The zero-order valence-electron chi connectivity index (χ0n) is 22.6. The zero-order chi connectivity index (χ0) is 27.4. The highest BCUT2D eigenvalue weighted by molar-refractivity contribution is 5.94. The van der Waals surface area contributed by atoms with Gasteiger partial charge in [-0.3, -0.25) is 24.2 Å². The number of hydrogen-bond donors (Lipinski definition) is 1. The zero-order valence-corrected chi connectivity index (χ0v) is 22.6. The Balaban J connectivity index is 1.34. The van der Waals surface area contributed by atoms with Crippen LogP contribution in [0.1, 0.15) is 59.8 Å². The molecule has 1 saturated heterocycles. The van der Waals surface area contributed by atoms with Crippen LogP contribution in [0.5, 0.6) is 0 Å². The third-order valence-electron chi connectivity index (χ3n) is 7.66. The summed E-state index contributed by atoms with van der Waals surface area (Å²) in [6.45, 7) is 4.26. The average Bonchev–Trinajstić information content (AvgIpc) is 3.26. The highest BCUT2D eigenvalue weighted by Gasteiger charge is 2.35. The second-order valence-electron chi connectivity index (χ2n) is 10.3. The minimum absolute atomic E-state index is 0.148. The van der Waals surface area contributed by atoms with E-state index >= 15 is 0 Å². The van der Waals surface area contributed by atoms with Crippen molar-refractivity contribution in [3.8, 4) is 0 Å². The maximum atomic E-state index is 13.2. The van der Waals surface area contributed by atoms with E-state index in [-0.39, 0.29) is 17.9 Å². The van der Waals surface area contributed by atoms with Gasteiger partial charge in [-0.15, -0.1) is 0 Å². The number of carbonyl (C=O) groups excluding carboxylic acids is 3. The Morgan fingerprint density at radius 1 is 1.15 bits per heavy atom. The fourth-order valence-corrected chi connectivity index (χ4v) is 5.56. The number of hydrogen-bond acceptors (Lipinski definition) is 6. The molecule has 0 saturated carbocycles. The van der Waals surface area contributed by atoms with Crippen molar-refractivity contribution in [3.05, 3.63) is 70.9 Å². The lowest BCUT2D eigenvalue weighted by Gasteiger charge is -2.34. The van der Waals surface area contributed by atoms with Crippen LogP contribution in [0.15, 0.2) is 48.5 Å². The maximum Gasteiger partial charge on any atom is 0.274 e. The van der Waals surface area contributed by atoms with E-state index in [1.807, 2.05) is 43.1 Å². The molecule has 0 bridgehead atoms. The van der Waals surface area contributed by atoms with Crippen molar-refractivity contribution in [2.75, 3.05) is 20.2 Å². The summed E-state index contributed by atoms with van der Waals surface area (Å²) in [6.07, 6.45) is 4.35. The van der Waals surface area contributed by atoms with Crippen LogP contribution < -0.4 is 5.48 Å². The first-order valence-corrected chi connectivity index (χ1v) is 13.7. The molecule has 0 aliphatic carbocycles. The first kappa shape index (κ1) is 27.1. The lowest BCUT2D eigenvalue weighted by atomic mass is 9.96. The number of rotatable bonds is 9. The minimum Gasteiger partial charge on any atom is -0.350 e. The summed E-state index contributed by atoms with van der Waals surface area (Å²) < 4.78 is 7.79. The van der Waals surface area contributed by atoms with Crippen molar-refractivity contribution in [2.24, 2.45) is 0 Å². The SMILES string of the molecule is CCCN(C=O)C(=O)C1Cc2c(n(Cc3ccc(C(=O)NOC4CCCCO4)cc3)c3ccccc23)CN1C. The second kappa shape index (κ2) is 12.1. The summed E-state index contributed by atoms with van der Waals surface area (Å²) in [7, 11) is 1.94. The monoisotopic (exact) mass is 532 g/mol. The van der Waals surface area contributed by atoms with Gasteiger partial charge in [0.15, 0.2) is 6.29 Å². The molecule has 5 rings (SSSR count). The van der Waals surface area contributed by atoms with Gasteiger partial charge in [-0.1, -0.05) is 37.3 Å². The molecule has 9 nitrogen and oxygen atoms in total. The number of ether oxygens (including phenoxy) is 1. The summed E-state index contributed by atoms with van der Waals surface area (Å²) in [4.78, 5) is 46.1. The van der Waals surface area contributed by atoms with Crippen molar-refractivity contribution >= 4 is 29.1 Å². The van der Waals surface area contributed by atoms with Crippen molar-refractivity contribution in [3.63, 3.8) is 0 Å². The molecule has 0 radical (unpaired) electrons. The van der Waals surface area contributed by atoms with E-state index in [0.29, 0.717) is 44.6 Å². The van der Waals surface area contributed by atoms with E-state index in [1.54, 1.807) is 12.1 Å². The minimum atomic E-state index is -0.392. The molecule has 206 valence electrons. The molecule has 2 atom stereocenters. The Morgan fingerprint density at radius 3 is 2.67 bits per heavy atom. The number of nitrogens with zero attached hydrogens (tertiary/aromatic N) is 3. The molecule has 2 aliphatic rings. The fraction of sp³-hybridized carbons (Fsp3) is 0.433. The molecule has 0 spiro atoms. The molecule has 1 N–H and O–H groups in total. The average molecular weight is 533 g/mol. The van der Waals surface area contributed by atoms with Gasteiger partial charge in [-0.2, -0.15) is 0 Å². The Hall–Kier alpha value is -3.53. The van der Waals surface area contributed by atoms with Crippen LogP contribution in [-0.4, -0.2) is 65.1 Å². The van der Waals surface area contributed by atoms with Crippen LogP contribution in [0, 0.1) is 0 Å². The van der Waals surface area contributed by atoms with Crippen LogP contribution in [0.25, 0.3) is 10.9 Å². The highest BCUT2D eigenvalue weighted by atomic mass is 16.8. The number of amides is 3. The van der Waals surface area contributed by atoms with E-state index in [0.717, 1.165) is 47.7 Å². The summed E-state index contributed by atoms with van der Waals surface area (Å²) >= 11 is 0. The Kier molecular flexibility index (Phi) is 8.40. The molecule has 9 heteroatoms. The molecule has 39 heavy (non-hydrogen) atoms. The van der Waals surface area contributed by atoms with Gasteiger partial charge in [0, 0.05) is 54.8 Å². The lowest BCUT2D eigenvalue weighted by molar-refractivity contribution is -0.186. The van der Waals surface area contributed by atoms with Crippen LogP contribution in [0.2, 0.25) is 0 Å². The van der Waals surface area contributed by atoms with Gasteiger partial charge < -0.3 is 9.30 Å². The van der Waals surface area contributed by atoms with Crippen molar-refractivity contribution in [1.29, 1.82) is 0 Å². The summed E-state index contributed by atoms with van der Waals surface area (Å²) in [5.41, 5.74) is 7.51. The van der Waals surface area contributed by atoms with Crippen molar-refractivity contribution in [1.82, 2.24) is 19.8 Å². The molecule has 2 aromatic carbocycles. The number of fused-ring (bicyclic) bond motifs is 3. The van der Waals surface area contributed by atoms with Crippen LogP contribution in [0.3, 0.4) is 0 Å². The highest BCUT2D eigenvalue weighted by Crippen LogP contribution is 2.33. The van der Waals surface area contributed by atoms with Crippen LogP contribution in [0.4, 0.5) is 0 Å². The van der Waals surface area contributed by atoms with E-state index in [4.69, 9.17) is 9.57 Å². The topological polar surface area (TPSA) is 93.1 Å². The standard InChI is InChI=1S/C30H36N4O5/c1-3-15-33(20-35)30(37)26-17-24-23-8-4-5-9-25(23)34(27(24)19-32(26)2)18-21-11-13-22(14-12-21)29(36)31-39-28-10-6-7-16-38-28/h4-5,8-9,11-14,20,26,28H,3,6-7,10,15-19H2,1-2H3,(H,31,36). The summed E-state index contributed by atoms with van der Waals surface area (Å²) in [6, 6.07) is 15.4. The number of imide groups is 1. The van der Waals surface area contributed by atoms with Gasteiger partial charge in [-0.25, -0.2) is 10.3 Å². The lowest BCUT2D eigenvalue weighted by Crippen LogP contribution is -2.50. The molecular weight excluding hydrogens is 496 g/mol.